The molecule has 1 aliphatic heterocycles. The Balaban J connectivity index is 2.65. The van der Waals surface area contributed by atoms with Crippen molar-refractivity contribution < 1.29 is 14.3 Å². The van der Waals surface area contributed by atoms with Gasteiger partial charge in [0, 0.05) is 20.2 Å². The van der Waals surface area contributed by atoms with E-state index in [1.165, 1.54) is 13.5 Å². The second kappa shape index (κ2) is 8.25. The van der Waals surface area contributed by atoms with E-state index in [2.05, 4.69) is 12.2 Å². The highest BCUT2D eigenvalue weighted by Crippen LogP contribution is 2.20. The van der Waals surface area contributed by atoms with Gasteiger partial charge in [0.1, 0.15) is 12.6 Å². The van der Waals surface area contributed by atoms with Crippen molar-refractivity contribution in [3.8, 4) is 0 Å². The molecule has 0 saturated carbocycles. The molecule has 116 valence electrons. The normalized spacial score (nSPS) is 20.9. The zero-order chi connectivity index (χ0) is 15.1. The summed E-state index contributed by atoms with van der Waals surface area (Å²) in [6, 6.07) is -0.451. The highest BCUT2D eigenvalue weighted by atomic mass is 16.5. The molecule has 20 heavy (non-hydrogen) atoms. The average Bonchev–Trinajstić information content (AvgIpc) is 2.44. The molecular weight excluding hydrogens is 256 g/mol. The molecular formula is C15H28N2O3. The summed E-state index contributed by atoms with van der Waals surface area (Å²) in [7, 11) is 1.47. The van der Waals surface area contributed by atoms with Crippen LogP contribution in [0.2, 0.25) is 0 Å². The Morgan fingerprint density at radius 1 is 1.40 bits per heavy atom. The van der Waals surface area contributed by atoms with Crippen molar-refractivity contribution in [3.05, 3.63) is 0 Å². The molecule has 5 nitrogen and oxygen atoms in total. The number of amides is 2. The number of nitrogens with zero attached hydrogens (tertiary/aromatic N) is 1. The predicted molar refractivity (Wildman–Crippen MR) is 78.2 cm³/mol. The third-order valence-electron chi connectivity index (χ3n) is 3.93. The fourth-order valence-corrected chi connectivity index (χ4v) is 2.65. The highest BCUT2D eigenvalue weighted by Gasteiger charge is 2.31. The Morgan fingerprint density at radius 3 is 2.65 bits per heavy atom. The number of rotatable bonds is 6. The largest absolute Gasteiger partial charge is 0.375 e. The number of piperidine rings is 1. The molecule has 1 saturated heterocycles. The van der Waals surface area contributed by atoms with Crippen molar-refractivity contribution in [1.29, 1.82) is 0 Å². The number of likely N-dealkylation sites (tertiary alicyclic amines) is 1. The second-order valence-electron chi connectivity index (χ2n) is 5.92. The van der Waals surface area contributed by atoms with Gasteiger partial charge in [-0.05, 0) is 24.7 Å². The standard InChI is InChI=1S/C15H28N2O3/c1-5-12-7-6-8-17(9-12)15(19)14(11(2)3)16-13(18)10-20-4/h11-12,14H,5-10H2,1-4H3,(H,16,18)/t12?,14-/m0/s1. The molecule has 5 heteroatoms. The fraction of sp³-hybridized carbons (Fsp3) is 0.867. The minimum absolute atomic E-state index is 0.00587. The summed E-state index contributed by atoms with van der Waals surface area (Å²) in [6.07, 6.45) is 3.36. The summed E-state index contributed by atoms with van der Waals surface area (Å²) in [5.41, 5.74) is 0. The van der Waals surface area contributed by atoms with Crippen LogP contribution in [0.25, 0.3) is 0 Å². The lowest BCUT2D eigenvalue weighted by Crippen LogP contribution is -2.54. The van der Waals surface area contributed by atoms with E-state index < -0.39 is 6.04 Å². The average molecular weight is 284 g/mol. The lowest BCUT2D eigenvalue weighted by atomic mass is 9.94. The van der Waals surface area contributed by atoms with Gasteiger partial charge in [0.2, 0.25) is 11.8 Å². The van der Waals surface area contributed by atoms with Crippen LogP contribution >= 0.6 is 0 Å². The maximum absolute atomic E-state index is 12.6. The Bertz CT molecular complexity index is 331. The van der Waals surface area contributed by atoms with Crippen LogP contribution in [0.5, 0.6) is 0 Å². The molecule has 2 amide bonds. The number of hydrogen-bond acceptors (Lipinski definition) is 3. The van der Waals surface area contributed by atoms with E-state index in [1.54, 1.807) is 0 Å². The molecule has 0 aliphatic carbocycles. The van der Waals surface area contributed by atoms with Gasteiger partial charge in [0.05, 0.1) is 0 Å². The van der Waals surface area contributed by atoms with Gasteiger partial charge < -0.3 is 15.0 Å². The Hall–Kier alpha value is -1.10. The van der Waals surface area contributed by atoms with E-state index in [4.69, 9.17) is 4.74 Å². The quantitative estimate of drug-likeness (QED) is 0.802. The SMILES string of the molecule is CCC1CCCN(C(=O)[C@@H](NC(=O)COC)C(C)C)C1. The van der Waals surface area contributed by atoms with Gasteiger partial charge in [-0.3, -0.25) is 9.59 Å². The van der Waals surface area contributed by atoms with Crippen LogP contribution in [0.1, 0.15) is 40.0 Å². The first-order valence-electron chi connectivity index (χ1n) is 7.56. The Morgan fingerprint density at radius 2 is 2.10 bits per heavy atom. The summed E-state index contributed by atoms with van der Waals surface area (Å²) in [5.74, 6) is 0.478. The first-order valence-corrected chi connectivity index (χ1v) is 7.56. The van der Waals surface area contributed by atoms with E-state index in [1.807, 2.05) is 18.7 Å². The van der Waals surface area contributed by atoms with Gasteiger partial charge in [-0.2, -0.15) is 0 Å². The molecule has 1 heterocycles. The van der Waals surface area contributed by atoms with E-state index in [0.29, 0.717) is 5.92 Å². The number of hydrogen-bond donors (Lipinski definition) is 1. The molecule has 0 aromatic carbocycles. The molecule has 1 aliphatic rings. The van der Waals surface area contributed by atoms with Crippen LogP contribution < -0.4 is 5.32 Å². The zero-order valence-electron chi connectivity index (χ0n) is 13.1. The number of carbonyl (C=O) groups excluding carboxylic acids is 2. The molecule has 1 N–H and O–H groups in total. The van der Waals surface area contributed by atoms with Crippen LogP contribution in [-0.4, -0.2) is 49.6 Å². The Labute approximate surface area is 122 Å². The molecule has 1 unspecified atom stereocenters. The highest BCUT2D eigenvalue weighted by molar-refractivity contribution is 5.88. The number of ether oxygens (including phenoxy) is 1. The minimum atomic E-state index is -0.451. The van der Waals surface area contributed by atoms with Crippen molar-refractivity contribution in [2.45, 2.75) is 46.1 Å². The molecule has 0 aromatic rings. The van der Waals surface area contributed by atoms with E-state index >= 15 is 0 Å². The summed E-state index contributed by atoms with van der Waals surface area (Å²) in [4.78, 5) is 26.2. The van der Waals surface area contributed by atoms with Crippen LogP contribution in [-0.2, 0) is 14.3 Å². The van der Waals surface area contributed by atoms with Gasteiger partial charge in [0.15, 0.2) is 0 Å². The van der Waals surface area contributed by atoms with Gasteiger partial charge in [0.25, 0.3) is 0 Å². The van der Waals surface area contributed by atoms with Gasteiger partial charge >= 0.3 is 0 Å². The molecule has 0 bridgehead atoms. The number of methoxy groups -OCH3 is 1. The topological polar surface area (TPSA) is 58.6 Å². The van der Waals surface area contributed by atoms with Gasteiger partial charge in [-0.25, -0.2) is 0 Å². The maximum atomic E-state index is 12.6. The third-order valence-corrected chi connectivity index (χ3v) is 3.93. The van der Waals surface area contributed by atoms with E-state index in [0.717, 1.165) is 25.9 Å². The summed E-state index contributed by atoms with van der Waals surface area (Å²) in [5, 5.41) is 2.79. The fourth-order valence-electron chi connectivity index (χ4n) is 2.65. The Kier molecular flexibility index (Phi) is 6.99. The van der Waals surface area contributed by atoms with E-state index in [9.17, 15) is 9.59 Å². The van der Waals surface area contributed by atoms with Gasteiger partial charge in [-0.15, -0.1) is 0 Å². The van der Waals surface area contributed by atoms with Crippen molar-refractivity contribution >= 4 is 11.8 Å². The second-order valence-corrected chi connectivity index (χ2v) is 5.92. The summed E-state index contributed by atoms with van der Waals surface area (Å²) < 4.78 is 4.81. The van der Waals surface area contributed by atoms with Gasteiger partial charge in [-0.1, -0.05) is 27.2 Å². The first-order chi connectivity index (χ1) is 9.49. The lowest BCUT2D eigenvalue weighted by molar-refractivity contribution is -0.140. The van der Waals surface area contributed by atoms with Crippen LogP contribution in [0.4, 0.5) is 0 Å². The molecule has 1 rings (SSSR count). The number of nitrogens with one attached hydrogen (secondary N) is 1. The van der Waals surface area contributed by atoms with Crippen LogP contribution in [0, 0.1) is 11.8 Å². The molecule has 0 spiro atoms. The minimum Gasteiger partial charge on any atom is -0.375 e. The smallest absolute Gasteiger partial charge is 0.246 e. The number of carbonyl (C=O) groups is 2. The molecule has 0 aromatic heterocycles. The molecule has 0 radical (unpaired) electrons. The zero-order valence-corrected chi connectivity index (χ0v) is 13.1. The van der Waals surface area contributed by atoms with Crippen LogP contribution in [0.3, 0.4) is 0 Å². The summed E-state index contributed by atoms with van der Waals surface area (Å²) in [6.45, 7) is 7.69. The third kappa shape index (κ3) is 4.78. The molecule has 2 atom stereocenters. The predicted octanol–water partition coefficient (Wildman–Crippen LogP) is 1.42. The van der Waals surface area contributed by atoms with Crippen LogP contribution in [0.15, 0.2) is 0 Å². The van der Waals surface area contributed by atoms with Crippen molar-refractivity contribution in [2.75, 3.05) is 26.8 Å². The van der Waals surface area contributed by atoms with E-state index in [-0.39, 0.29) is 24.3 Å². The van der Waals surface area contributed by atoms with Crippen molar-refractivity contribution in [1.82, 2.24) is 10.2 Å². The summed E-state index contributed by atoms with van der Waals surface area (Å²) >= 11 is 0. The maximum Gasteiger partial charge on any atom is 0.246 e. The monoisotopic (exact) mass is 284 g/mol. The van der Waals surface area contributed by atoms with Crippen molar-refractivity contribution in [3.63, 3.8) is 0 Å². The first kappa shape index (κ1) is 17.0. The van der Waals surface area contributed by atoms with Crippen molar-refractivity contribution in [2.24, 2.45) is 11.8 Å². The lowest BCUT2D eigenvalue weighted by Gasteiger charge is -2.35. The molecule has 1 fully saturated rings.